The van der Waals surface area contributed by atoms with Crippen molar-refractivity contribution in [3.63, 3.8) is 0 Å². The first kappa shape index (κ1) is 23.7. The summed E-state index contributed by atoms with van der Waals surface area (Å²) < 4.78 is 7.88. The van der Waals surface area contributed by atoms with Crippen LogP contribution in [0, 0.1) is 19.3 Å². The van der Waals surface area contributed by atoms with E-state index in [-0.39, 0.29) is 11.9 Å². The Morgan fingerprint density at radius 3 is 2.29 bits per heavy atom. The fourth-order valence-electron chi connectivity index (χ4n) is 4.24. The van der Waals surface area contributed by atoms with Gasteiger partial charge in [-0.15, -0.1) is 0 Å². The smallest absolute Gasteiger partial charge is 0.316 e. The van der Waals surface area contributed by atoms with Gasteiger partial charge in [0.2, 0.25) is 0 Å². The number of ether oxygens (including phenoxy) is 1. The van der Waals surface area contributed by atoms with Crippen LogP contribution in [0.3, 0.4) is 0 Å². The highest BCUT2D eigenvalue weighted by atomic mass is 16.5. The number of aromatic nitrogens is 2. The van der Waals surface area contributed by atoms with E-state index >= 15 is 0 Å². The molecule has 178 valence electrons. The molecular weight excluding hydrogens is 426 g/mol. The summed E-state index contributed by atoms with van der Waals surface area (Å²) in [5.41, 5.74) is 6.79. The van der Waals surface area contributed by atoms with E-state index in [4.69, 9.17) is 9.72 Å². The molecule has 4 rings (SSSR count). The van der Waals surface area contributed by atoms with Crippen molar-refractivity contribution in [3.8, 4) is 5.75 Å². The lowest BCUT2D eigenvalue weighted by Crippen LogP contribution is -2.28. The van der Waals surface area contributed by atoms with E-state index in [2.05, 4.69) is 30.3 Å². The molecule has 34 heavy (non-hydrogen) atoms. The topological polar surface area (TPSA) is 63.9 Å². The van der Waals surface area contributed by atoms with Gasteiger partial charge in [-0.3, -0.25) is 9.59 Å². The maximum Gasteiger partial charge on any atom is 0.316 e. The van der Waals surface area contributed by atoms with Crippen LogP contribution in [0.1, 0.15) is 59.2 Å². The minimum Gasteiger partial charge on any atom is -0.422 e. The predicted octanol–water partition coefficient (Wildman–Crippen LogP) is 4.87. The Labute approximate surface area is 201 Å². The zero-order chi connectivity index (χ0) is 24.8. The lowest BCUT2D eigenvalue weighted by molar-refractivity contribution is -0.142. The van der Waals surface area contributed by atoms with Gasteiger partial charge < -0.3 is 14.0 Å². The zero-order valence-corrected chi connectivity index (χ0v) is 21.2. The number of hydrogen-bond acceptors (Lipinski definition) is 4. The SMILES string of the molecule is Cc1nc2c(OC(=O)C(C)(C)C)c(CC=C3Cc4ccccc4C3)c(C(=O)N(C)C)cn2c1C. The fourth-order valence-corrected chi connectivity index (χ4v) is 4.24. The van der Waals surface area contributed by atoms with Crippen molar-refractivity contribution in [2.45, 2.75) is 53.9 Å². The summed E-state index contributed by atoms with van der Waals surface area (Å²) in [4.78, 5) is 32.5. The lowest BCUT2D eigenvalue weighted by atomic mass is 9.97. The number of allylic oxidation sites excluding steroid dienone is 2. The van der Waals surface area contributed by atoms with Gasteiger partial charge in [0.1, 0.15) is 0 Å². The molecule has 0 bridgehead atoms. The molecule has 0 spiro atoms. The number of esters is 1. The van der Waals surface area contributed by atoms with Crippen molar-refractivity contribution in [2.24, 2.45) is 5.41 Å². The van der Waals surface area contributed by atoms with Gasteiger partial charge >= 0.3 is 5.97 Å². The van der Waals surface area contributed by atoms with E-state index < -0.39 is 5.41 Å². The summed E-state index contributed by atoms with van der Waals surface area (Å²) in [6.07, 6.45) is 6.28. The summed E-state index contributed by atoms with van der Waals surface area (Å²) in [6.45, 7) is 9.33. The van der Waals surface area contributed by atoms with Gasteiger partial charge in [0.15, 0.2) is 11.4 Å². The van der Waals surface area contributed by atoms with Crippen LogP contribution in [0.15, 0.2) is 42.1 Å². The number of imidazole rings is 1. The summed E-state index contributed by atoms with van der Waals surface area (Å²) in [5.74, 6) is -0.121. The molecule has 0 aliphatic heterocycles. The summed E-state index contributed by atoms with van der Waals surface area (Å²) in [5, 5.41) is 0. The third kappa shape index (κ3) is 4.37. The number of amides is 1. The summed E-state index contributed by atoms with van der Waals surface area (Å²) >= 11 is 0. The van der Waals surface area contributed by atoms with Crippen molar-refractivity contribution in [2.75, 3.05) is 14.1 Å². The number of rotatable bonds is 4. The van der Waals surface area contributed by atoms with Gasteiger partial charge in [-0.25, -0.2) is 4.98 Å². The monoisotopic (exact) mass is 459 g/mol. The molecule has 1 amide bonds. The second-order valence-electron chi connectivity index (χ2n) is 10.4. The first-order valence-electron chi connectivity index (χ1n) is 11.7. The van der Waals surface area contributed by atoms with E-state index in [1.165, 1.54) is 16.7 Å². The molecule has 1 aromatic carbocycles. The van der Waals surface area contributed by atoms with E-state index in [1.807, 2.05) is 45.2 Å². The Morgan fingerprint density at radius 1 is 1.12 bits per heavy atom. The third-order valence-electron chi connectivity index (χ3n) is 6.44. The molecule has 2 heterocycles. The molecule has 6 heteroatoms. The minimum absolute atomic E-state index is 0.135. The molecule has 0 saturated carbocycles. The lowest BCUT2D eigenvalue weighted by Gasteiger charge is -2.21. The van der Waals surface area contributed by atoms with Crippen molar-refractivity contribution < 1.29 is 14.3 Å². The van der Waals surface area contributed by atoms with Crippen LogP contribution >= 0.6 is 0 Å². The van der Waals surface area contributed by atoms with Gasteiger partial charge in [0, 0.05) is 31.5 Å². The molecule has 1 aliphatic rings. The van der Waals surface area contributed by atoms with Crippen LogP contribution in [-0.2, 0) is 24.1 Å². The Kier molecular flexibility index (Phi) is 6.11. The van der Waals surface area contributed by atoms with Crippen LogP contribution in [0.5, 0.6) is 5.75 Å². The largest absolute Gasteiger partial charge is 0.422 e. The van der Waals surface area contributed by atoms with Crippen LogP contribution in [0.25, 0.3) is 5.65 Å². The molecule has 0 saturated heterocycles. The van der Waals surface area contributed by atoms with Gasteiger partial charge in [-0.05, 0) is 65.0 Å². The normalized spacial score (nSPS) is 13.2. The van der Waals surface area contributed by atoms with Gasteiger partial charge in [-0.1, -0.05) is 35.9 Å². The number of benzene rings is 1. The second kappa shape index (κ2) is 8.75. The van der Waals surface area contributed by atoms with E-state index in [0.29, 0.717) is 28.9 Å². The van der Waals surface area contributed by atoms with Crippen LogP contribution < -0.4 is 4.74 Å². The van der Waals surface area contributed by atoms with Crippen molar-refractivity contribution >= 4 is 17.5 Å². The van der Waals surface area contributed by atoms with Crippen LogP contribution in [-0.4, -0.2) is 40.3 Å². The number of carbonyl (C=O) groups is 2. The third-order valence-corrected chi connectivity index (χ3v) is 6.44. The summed E-state index contributed by atoms with van der Waals surface area (Å²) in [7, 11) is 3.46. The molecule has 3 aromatic rings. The molecule has 0 fully saturated rings. The molecule has 0 atom stereocenters. The Hall–Kier alpha value is -3.41. The van der Waals surface area contributed by atoms with Crippen molar-refractivity contribution in [1.29, 1.82) is 0 Å². The quantitative estimate of drug-likeness (QED) is 0.412. The maximum absolute atomic E-state index is 13.3. The van der Waals surface area contributed by atoms with Gasteiger partial charge in [-0.2, -0.15) is 0 Å². The van der Waals surface area contributed by atoms with Crippen molar-refractivity contribution in [1.82, 2.24) is 14.3 Å². The number of aryl methyl sites for hydroxylation is 2. The fraction of sp³-hybridized carbons (Fsp3) is 0.393. The Morgan fingerprint density at radius 2 is 1.74 bits per heavy atom. The average molecular weight is 460 g/mol. The van der Waals surface area contributed by atoms with E-state index in [0.717, 1.165) is 24.2 Å². The van der Waals surface area contributed by atoms with E-state index in [9.17, 15) is 9.59 Å². The highest BCUT2D eigenvalue weighted by molar-refractivity contribution is 5.97. The molecule has 6 nitrogen and oxygen atoms in total. The molecular formula is C28H33N3O3. The van der Waals surface area contributed by atoms with Crippen LogP contribution in [0.2, 0.25) is 0 Å². The zero-order valence-electron chi connectivity index (χ0n) is 21.2. The first-order chi connectivity index (χ1) is 16.0. The Bertz CT molecular complexity index is 1300. The van der Waals surface area contributed by atoms with E-state index in [1.54, 1.807) is 19.0 Å². The number of fused-ring (bicyclic) bond motifs is 2. The summed E-state index contributed by atoms with van der Waals surface area (Å²) in [6, 6.07) is 8.46. The number of pyridine rings is 1. The molecule has 0 N–H and O–H groups in total. The molecule has 0 radical (unpaired) electrons. The minimum atomic E-state index is -0.696. The second-order valence-corrected chi connectivity index (χ2v) is 10.4. The van der Waals surface area contributed by atoms with Crippen LogP contribution in [0.4, 0.5) is 0 Å². The highest BCUT2D eigenvalue weighted by Crippen LogP contribution is 2.34. The number of nitrogens with zero attached hydrogens (tertiary/aromatic N) is 3. The highest BCUT2D eigenvalue weighted by Gasteiger charge is 2.29. The molecule has 0 unspecified atom stereocenters. The standard InChI is InChI=1S/C28H33N3O3/c1-17-18(2)31-16-23(26(32)30(6)7)22(24(25(31)29-17)34-27(33)28(3,4)5)13-12-19-14-20-10-8-9-11-21(20)15-19/h8-12,16H,13-15H2,1-7H3. The average Bonchev–Trinajstić information content (AvgIpc) is 3.31. The van der Waals surface area contributed by atoms with Crippen molar-refractivity contribution in [3.05, 3.63) is 75.8 Å². The predicted molar refractivity (Wildman–Crippen MR) is 133 cm³/mol. The van der Waals surface area contributed by atoms with Gasteiger partial charge in [0.25, 0.3) is 5.91 Å². The maximum atomic E-state index is 13.3. The van der Waals surface area contributed by atoms with Gasteiger partial charge in [0.05, 0.1) is 16.7 Å². The molecule has 1 aliphatic carbocycles. The number of carbonyl (C=O) groups excluding carboxylic acids is 2. The Balaban J connectivity index is 1.87. The number of hydrogen-bond donors (Lipinski definition) is 0. The molecule has 2 aromatic heterocycles. The first-order valence-corrected chi connectivity index (χ1v) is 11.7.